The van der Waals surface area contributed by atoms with Crippen molar-refractivity contribution in [2.75, 3.05) is 6.61 Å². The molecule has 25 heavy (non-hydrogen) atoms. The maximum atomic E-state index is 12.7. The van der Waals surface area contributed by atoms with Crippen molar-refractivity contribution in [3.63, 3.8) is 0 Å². The van der Waals surface area contributed by atoms with Crippen LogP contribution in [-0.2, 0) is 18.7 Å². The molecule has 0 saturated carbocycles. The van der Waals surface area contributed by atoms with Crippen molar-refractivity contribution in [2.24, 2.45) is 5.41 Å². The highest BCUT2D eigenvalue weighted by Crippen LogP contribution is 2.42. The zero-order valence-electron chi connectivity index (χ0n) is 16.0. The fraction of sp³-hybridized carbons (Fsp3) is 0.875. The van der Waals surface area contributed by atoms with Gasteiger partial charge in [-0.15, -0.1) is 0 Å². The van der Waals surface area contributed by atoms with Crippen LogP contribution in [0.25, 0.3) is 0 Å². The molecule has 0 atom stereocenters. The SMILES string of the molecule is CC1(C)CCC(CO[Si](C)(C)C(C)(C)C)=C(OS(=O)(=O)C(F)(F)F)C1. The van der Waals surface area contributed by atoms with Crippen molar-refractivity contribution < 1.29 is 30.2 Å². The quantitative estimate of drug-likeness (QED) is 0.354. The summed E-state index contributed by atoms with van der Waals surface area (Å²) in [7, 11) is -7.78. The molecule has 4 nitrogen and oxygen atoms in total. The molecule has 0 unspecified atom stereocenters. The molecule has 0 heterocycles. The van der Waals surface area contributed by atoms with Crippen molar-refractivity contribution >= 4 is 18.4 Å². The summed E-state index contributed by atoms with van der Waals surface area (Å²) in [5, 5.41) is -0.0550. The predicted molar refractivity (Wildman–Crippen MR) is 93.9 cm³/mol. The average molecular weight is 403 g/mol. The molecule has 0 aromatic carbocycles. The fourth-order valence-electron chi connectivity index (χ4n) is 2.18. The van der Waals surface area contributed by atoms with E-state index in [1.807, 2.05) is 26.9 Å². The maximum Gasteiger partial charge on any atom is 0.534 e. The monoisotopic (exact) mass is 402 g/mol. The number of halogens is 3. The summed E-state index contributed by atoms with van der Waals surface area (Å²) < 4.78 is 71.4. The van der Waals surface area contributed by atoms with Gasteiger partial charge in [0.1, 0.15) is 5.76 Å². The summed E-state index contributed by atoms with van der Waals surface area (Å²) in [5.41, 5.74) is -5.25. The third kappa shape index (κ3) is 5.72. The van der Waals surface area contributed by atoms with Gasteiger partial charge in [-0.1, -0.05) is 34.6 Å². The Bertz CT molecular complexity index is 629. The first-order valence-corrected chi connectivity index (χ1v) is 12.6. The highest BCUT2D eigenvalue weighted by Gasteiger charge is 2.49. The zero-order valence-corrected chi connectivity index (χ0v) is 17.8. The Morgan fingerprint density at radius 2 is 1.68 bits per heavy atom. The largest absolute Gasteiger partial charge is 0.534 e. The molecule has 0 saturated heterocycles. The van der Waals surface area contributed by atoms with E-state index in [1.165, 1.54) is 0 Å². The lowest BCUT2D eigenvalue weighted by atomic mass is 9.77. The van der Waals surface area contributed by atoms with E-state index in [4.69, 9.17) is 4.43 Å². The second-order valence-electron chi connectivity index (χ2n) is 8.90. The highest BCUT2D eigenvalue weighted by molar-refractivity contribution is 7.87. The Hall–Kier alpha value is -0.543. The molecule has 1 aliphatic carbocycles. The number of rotatable bonds is 5. The van der Waals surface area contributed by atoms with Gasteiger partial charge in [0.15, 0.2) is 8.32 Å². The molecular formula is C16H29F3O4SSi. The Labute approximate surface area is 150 Å². The Morgan fingerprint density at radius 1 is 1.16 bits per heavy atom. The van der Waals surface area contributed by atoms with E-state index >= 15 is 0 Å². The lowest BCUT2D eigenvalue weighted by molar-refractivity contribution is -0.0528. The summed E-state index contributed by atoms with van der Waals surface area (Å²) in [4.78, 5) is 0. The molecule has 148 valence electrons. The van der Waals surface area contributed by atoms with Gasteiger partial charge in [0.05, 0.1) is 6.61 Å². The second kappa shape index (κ2) is 6.88. The number of allylic oxidation sites excluding steroid dienone is 1. The van der Waals surface area contributed by atoms with Crippen LogP contribution in [0.1, 0.15) is 53.9 Å². The lowest BCUT2D eigenvalue weighted by Crippen LogP contribution is -2.41. The van der Waals surface area contributed by atoms with Gasteiger partial charge in [0.2, 0.25) is 0 Å². The number of hydrogen-bond donors (Lipinski definition) is 0. The van der Waals surface area contributed by atoms with Gasteiger partial charge in [0.25, 0.3) is 0 Å². The number of hydrogen-bond acceptors (Lipinski definition) is 4. The van der Waals surface area contributed by atoms with Gasteiger partial charge in [-0.3, -0.25) is 0 Å². The summed E-state index contributed by atoms with van der Waals surface area (Å²) in [6.07, 6.45) is 1.34. The Balaban J connectivity index is 3.11. The molecule has 1 rings (SSSR count). The van der Waals surface area contributed by atoms with E-state index in [0.29, 0.717) is 12.0 Å². The first kappa shape index (κ1) is 22.5. The molecule has 0 aromatic rings. The van der Waals surface area contributed by atoms with Crippen molar-refractivity contribution in [1.82, 2.24) is 0 Å². The Morgan fingerprint density at radius 3 is 2.12 bits per heavy atom. The fourth-order valence-corrected chi connectivity index (χ4v) is 3.69. The molecule has 0 radical (unpaired) electrons. The topological polar surface area (TPSA) is 52.6 Å². The minimum Gasteiger partial charge on any atom is -0.413 e. The van der Waals surface area contributed by atoms with E-state index in [2.05, 4.69) is 25.0 Å². The van der Waals surface area contributed by atoms with Crippen LogP contribution in [0.5, 0.6) is 0 Å². The van der Waals surface area contributed by atoms with Crippen LogP contribution in [0.4, 0.5) is 13.2 Å². The van der Waals surface area contributed by atoms with E-state index in [1.54, 1.807) is 0 Å². The molecule has 0 spiro atoms. The maximum absolute atomic E-state index is 12.7. The van der Waals surface area contributed by atoms with E-state index in [-0.39, 0.29) is 29.2 Å². The van der Waals surface area contributed by atoms with Crippen LogP contribution < -0.4 is 0 Å². The third-order valence-electron chi connectivity index (χ3n) is 5.04. The smallest absolute Gasteiger partial charge is 0.413 e. The van der Waals surface area contributed by atoms with E-state index in [9.17, 15) is 21.6 Å². The highest BCUT2D eigenvalue weighted by atomic mass is 32.2. The molecule has 9 heteroatoms. The van der Waals surface area contributed by atoms with Crippen LogP contribution in [0.2, 0.25) is 18.1 Å². The normalized spacial score (nSPS) is 19.9. The lowest BCUT2D eigenvalue weighted by Gasteiger charge is -2.38. The first-order chi connectivity index (χ1) is 10.9. The first-order valence-electron chi connectivity index (χ1n) is 8.24. The van der Waals surface area contributed by atoms with Crippen molar-refractivity contribution in [1.29, 1.82) is 0 Å². The predicted octanol–water partition coefficient (Wildman–Crippen LogP) is 5.34. The Kier molecular flexibility index (Phi) is 6.19. The zero-order chi connectivity index (χ0) is 19.9. The minimum absolute atomic E-state index is 0.0550. The van der Waals surface area contributed by atoms with Crippen molar-refractivity contribution in [3.05, 3.63) is 11.3 Å². The van der Waals surface area contributed by atoms with Gasteiger partial charge in [-0.05, 0) is 42.0 Å². The van der Waals surface area contributed by atoms with Crippen LogP contribution in [0, 0.1) is 5.41 Å². The van der Waals surface area contributed by atoms with Crippen LogP contribution in [0.15, 0.2) is 11.3 Å². The van der Waals surface area contributed by atoms with E-state index < -0.39 is 23.9 Å². The van der Waals surface area contributed by atoms with Gasteiger partial charge in [-0.2, -0.15) is 21.6 Å². The standard InChI is InChI=1S/C16H29F3O4SSi/c1-14(2,3)25(6,7)22-11-12-8-9-15(4,5)10-13(12)23-24(20,21)16(17,18)19/h8-11H2,1-7H3. The average Bonchev–Trinajstić information content (AvgIpc) is 2.33. The van der Waals surface area contributed by atoms with Crippen LogP contribution in [-0.4, -0.2) is 28.9 Å². The van der Waals surface area contributed by atoms with Gasteiger partial charge in [-0.25, -0.2) is 0 Å². The van der Waals surface area contributed by atoms with Crippen LogP contribution >= 0.6 is 0 Å². The van der Waals surface area contributed by atoms with Crippen molar-refractivity contribution in [3.8, 4) is 0 Å². The second-order valence-corrected chi connectivity index (χ2v) is 15.2. The molecule has 0 bridgehead atoms. The molecule has 0 fully saturated rings. The molecule has 1 aliphatic rings. The number of alkyl halides is 3. The van der Waals surface area contributed by atoms with Crippen molar-refractivity contribution in [2.45, 2.75) is 77.5 Å². The van der Waals surface area contributed by atoms with Gasteiger partial charge < -0.3 is 8.61 Å². The summed E-state index contributed by atoms with van der Waals surface area (Å²) in [5.74, 6) is -0.118. The summed E-state index contributed by atoms with van der Waals surface area (Å²) >= 11 is 0. The van der Waals surface area contributed by atoms with Gasteiger partial charge >= 0.3 is 15.6 Å². The minimum atomic E-state index is -5.66. The molecule has 0 amide bonds. The van der Waals surface area contributed by atoms with Crippen LogP contribution in [0.3, 0.4) is 0 Å². The molecular weight excluding hydrogens is 373 g/mol. The summed E-state index contributed by atoms with van der Waals surface area (Å²) in [6.45, 7) is 14.1. The third-order valence-corrected chi connectivity index (χ3v) is 10.5. The molecule has 0 aliphatic heterocycles. The molecule has 0 aromatic heterocycles. The summed E-state index contributed by atoms with van der Waals surface area (Å²) in [6, 6.07) is 0. The van der Waals surface area contributed by atoms with Gasteiger partial charge in [0, 0.05) is 6.42 Å². The molecule has 0 N–H and O–H groups in total. The van der Waals surface area contributed by atoms with E-state index in [0.717, 1.165) is 6.42 Å².